The molecule has 100 valence electrons. The Balaban J connectivity index is 2.09. The molecule has 1 aromatic carbocycles. The highest BCUT2D eigenvalue weighted by molar-refractivity contribution is 5.88. The summed E-state index contributed by atoms with van der Waals surface area (Å²) in [6, 6.07) is 4.70. The van der Waals surface area contributed by atoms with Gasteiger partial charge in [-0.05, 0) is 49.9 Å². The number of hydrogen-bond acceptors (Lipinski definition) is 2. The van der Waals surface area contributed by atoms with Crippen molar-refractivity contribution in [1.29, 1.82) is 0 Å². The fraction of sp³-hybridized carbons (Fsp3) is 0.400. The maximum absolute atomic E-state index is 13.4. The number of aryl methyl sites for hydroxylation is 1. The fourth-order valence-electron chi connectivity index (χ4n) is 2.91. The van der Waals surface area contributed by atoms with E-state index in [0.717, 1.165) is 41.4 Å². The second-order valence-corrected chi connectivity index (χ2v) is 4.90. The van der Waals surface area contributed by atoms with Crippen LogP contribution in [0, 0.1) is 5.82 Å². The van der Waals surface area contributed by atoms with E-state index in [1.54, 1.807) is 6.07 Å². The van der Waals surface area contributed by atoms with Gasteiger partial charge in [-0.2, -0.15) is 0 Å². The third kappa shape index (κ3) is 2.01. The molecule has 1 aliphatic carbocycles. The molecular formula is C15H16FNO2. The first-order valence-electron chi connectivity index (χ1n) is 6.67. The Hall–Kier alpha value is -1.84. The van der Waals surface area contributed by atoms with Crippen LogP contribution in [0.4, 0.5) is 4.39 Å². The highest BCUT2D eigenvalue weighted by Crippen LogP contribution is 2.36. The molecule has 0 saturated carbocycles. The highest BCUT2D eigenvalue weighted by atomic mass is 19.1. The van der Waals surface area contributed by atoms with Gasteiger partial charge in [0, 0.05) is 16.6 Å². The van der Waals surface area contributed by atoms with Gasteiger partial charge >= 0.3 is 5.97 Å². The van der Waals surface area contributed by atoms with E-state index in [0.29, 0.717) is 6.61 Å². The summed E-state index contributed by atoms with van der Waals surface area (Å²) in [7, 11) is 0. The minimum absolute atomic E-state index is 0.185. The Morgan fingerprint density at radius 3 is 3.16 bits per heavy atom. The third-order valence-electron chi connectivity index (χ3n) is 3.74. The lowest BCUT2D eigenvalue weighted by Gasteiger charge is -2.20. The van der Waals surface area contributed by atoms with Crippen LogP contribution in [0.3, 0.4) is 0 Å². The summed E-state index contributed by atoms with van der Waals surface area (Å²) in [4.78, 5) is 15.3. The van der Waals surface area contributed by atoms with E-state index in [4.69, 9.17) is 4.74 Å². The lowest BCUT2D eigenvalue weighted by Crippen LogP contribution is -2.20. The van der Waals surface area contributed by atoms with E-state index in [2.05, 4.69) is 4.98 Å². The zero-order chi connectivity index (χ0) is 13.4. The van der Waals surface area contributed by atoms with Crippen LogP contribution in [0.5, 0.6) is 0 Å². The Morgan fingerprint density at radius 1 is 1.53 bits per heavy atom. The lowest BCUT2D eigenvalue weighted by atomic mass is 9.87. The summed E-state index contributed by atoms with van der Waals surface area (Å²) in [6.45, 7) is 2.20. The Bertz CT molecular complexity index is 632. The molecule has 1 N–H and O–H groups in total. The number of aromatic amines is 1. The van der Waals surface area contributed by atoms with E-state index >= 15 is 0 Å². The van der Waals surface area contributed by atoms with Crippen LogP contribution < -0.4 is 0 Å². The van der Waals surface area contributed by atoms with Crippen LogP contribution in [-0.2, 0) is 16.0 Å². The summed E-state index contributed by atoms with van der Waals surface area (Å²) in [5.41, 5.74) is 2.87. The van der Waals surface area contributed by atoms with E-state index < -0.39 is 0 Å². The lowest BCUT2D eigenvalue weighted by molar-refractivity contribution is -0.145. The standard InChI is InChI=1S/C15H16FNO2/c1-2-19-15(18)11-5-3-4-10-12-8-9(16)6-7-13(12)17-14(10)11/h6-8,11,17H,2-5H2,1H3. The minimum Gasteiger partial charge on any atom is -0.465 e. The summed E-state index contributed by atoms with van der Waals surface area (Å²) in [5, 5.41) is 0.893. The molecule has 0 radical (unpaired) electrons. The molecule has 0 amide bonds. The van der Waals surface area contributed by atoms with Gasteiger partial charge in [-0.25, -0.2) is 4.39 Å². The topological polar surface area (TPSA) is 42.1 Å². The van der Waals surface area contributed by atoms with Crippen molar-refractivity contribution in [3.05, 3.63) is 35.3 Å². The summed E-state index contributed by atoms with van der Waals surface area (Å²) in [6.07, 6.45) is 2.61. The molecule has 0 fully saturated rings. The SMILES string of the molecule is CCOC(=O)C1CCCc2c1[nH]c1ccc(F)cc21. The molecular weight excluding hydrogens is 245 g/mol. The fourth-order valence-corrected chi connectivity index (χ4v) is 2.91. The van der Waals surface area contributed by atoms with Gasteiger partial charge in [-0.1, -0.05) is 0 Å². The Labute approximate surface area is 110 Å². The average molecular weight is 261 g/mol. The number of H-pyrrole nitrogens is 1. The second-order valence-electron chi connectivity index (χ2n) is 4.90. The second kappa shape index (κ2) is 4.68. The van der Waals surface area contributed by atoms with Crippen LogP contribution in [-0.4, -0.2) is 17.6 Å². The smallest absolute Gasteiger partial charge is 0.314 e. The number of benzene rings is 1. The zero-order valence-corrected chi connectivity index (χ0v) is 10.8. The maximum atomic E-state index is 13.4. The first kappa shape index (κ1) is 12.2. The van der Waals surface area contributed by atoms with Crippen molar-refractivity contribution in [2.45, 2.75) is 32.1 Å². The Morgan fingerprint density at radius 2 is 2.37 bits per heavy atom. The van der Waals surface area contributed by atoms with Crippen molar-refractivity contribution in [3.63, 3.8) is 0 Å². The molecule has 1 atom stereocenters. The van der Waals surface area contributed by atoms with E-state index in [1.165, 1.54) is 12.1 Å². The van der Waals surface area contributed by atoms with Crippen molar-refractivity contribution >= 4 is 16.9 Å². The van der Waals surface area contributed by atoms with Gasteiger partial charge in [0.15, 0.2) is 0 Å². The molecule has 1 aliphatic rings. The molecule has 1 aromatic heterocycles. The van der Waals surface area contributed by atoms with Crippen LogP contribution in [0.25, 0.3) is 10.9 Å². The number of hydrogen-bond donors (Lipinski definition) is 1. The number of ether oxygens (including phenoxy) is 1. The number of halogens is 1. The van der Waals surface area contributed by atoms with Gasteiger partial charge in [-0.15, -0.1) is 0 Å². The van der Waals surface area contributed by atoms with Crippen molar-refractivity contribution in [2.24, 2.45) is 0 Å². The van der Waals surface area contributed by atoms with Crippen molar-refractivity contribution in [2.75, 3.05) is 6.61 Å². The number of carbonyl (C=O) groups is 1. The monoisotopic (exact) mass is 261 g/mol. The number of fused-ring (bicyclic) bond motifs is 3. The van der Waals surface area contributed by atoms with Crippen molar-refractivity contribution < 1.29 is 13.9 Å². The van der Waals surface area contributed by atoms with Gasteiger partial charge in [0.1, 0.15) is 5.82 Å². The predicted octanol–water partition coefficient (Wildman–Crippen LogP) is 3.29. The molecule has 3 rings (SSSR count). The quantitative estimate of drug-likeness (QED) is 0.843. The number of rotatable bonds is 2. The third-order valence-corrected chi connectivity index (χ3v) is 3.74. The van der Waals surface area contributed by atoms with E-state index in [9.17, 15) is 9.18 Å². The van der Waals surface area contributed by atoms with Gasteiger partial charge in [0.05, 0.1) is 12.5 Å². The molecule has 2 aromatic rings. The van der Waals surface area contributed by atoms with Crippen LogP contribution in [0.2, 0.25) is 0 Å². The zero-order valence-electron chi connectivity index (χ0n) is 10.8. The predicted molar refractivity (Wildman–Crippen MR) is 70.6 cm³/mol. The van der Waals surface area contributed by atoms with Gasteiger partial charge in [-0.3, -0.25) is 4.79 Å². The van der Waals surface area contributed by atoms with Crippen LogP contribution in [0.15, 0.2) is 18.2 Å². The van der Waals surface area contributed by atoms with Crippen LogP contribution >= 0.6 is 0 Å². The molecule has 4 heteroatoms. The summed E-state index contributed by atoms with van der Waals surface area (Å²) in [5.74, 6) is -0.665. The van der Waals surface area contributed by atoms with E-state index in [1.807, 2.05) is 6.92 Å². The van der Waals surface area contributed by atoms with Gasteiger partial charge < -0.3 is 9.72 Å². The molecule has 3 nitrogen and oxygen atoms in total. The normalized spacial score (nSPS) is 18.3. The molecule has 0 saturated heterocycles. The number of esters is 1. The first-order valence-corrected chi connectivity index (χ1v) is 6.67. The molecule has 0 aliphatic heterocycles. The minimum atomic E-state index is -0.243. The number of carbonyl (C=O) groups excluding carboxylic acids is 1. The molecule has 0 spiro atoms. The van der Waals surface area contributed by atoms with Crippen molar-refractivity contribution in [3.8, 4) is 0 Å². The number of nitrogens with one attached hydrogen (secondary N) is 1. The van der Waals surface area contributed by atoms with Gasteiger partial charge in [0.25, 0.3) is 0 Å². The Kier molecular flexibility index (Phi) is 3.01. The van der Waals surface area contributed by atoms with Crippen LogP contribution in [0.1, 0.15) is 36.9 Å². The molecule has 1 heterocycles. The average Bonchev–Trinajstić information content (AvgIpc) is 2.77. The molecule has 19 heavy (non-hydrogen) atoms. The largest absolute Gasteiger partial charge is 0.465 e. The molecule has 0 bridgehead atoms. The highest BCUT2D eigenvalue weighted by Gasteiger charge is 2.30. The summed E-state index contributed by atoms with van der Waals surface area (Å²) >= 11 is 0. The molecule has 1 unspecified atom stereocenters. The summed E-state index contributed by atoms with van der Waals surface area (Å²) < 4.78 is 18.5. The first-order chi connectivity index (χ1) is 9.20. The van der Waals surface area contributed by atoms with E-state index in [-0.39, 0.29) is 17.7 Å². The van der Waals surface area contributed by atoms with Crippen molar-refractivity contribution in [1.82, 2.24) is 4.98 Å². The van der Waals surface area contributed by atoms with Gasteiger partial charge in [0.2, 0.25) is 0 Å². The number of aromatic nitrogens is 1. The maximum Gasteiger partial charge on any atom is 0.314 e.